The van der Waals surface area contributed by atoms with Gasteiger partial charge in [0.1, 0.15) is 0 Å². The summed E-state index contributed by atoms with van der Waals surface area (Å²) < 4.78 is 5.15. The summed E-state index contributed by atoms with van der Waals surface area (Å²) in [7, 11) is 1.41. The molecular formula is C28H27N3O3S. The molecule has 0 radical (unpaired) electrons. The number of aliphatic imine (C=N–C) groups is 1. The number of esters is 1. The number of carbonyl (C=O) groups is 2. The first kappa shape index (κ1) is 23.2. The second kappa shape index (κ2) is 9.96. The van der Waals surface area contributed by atoms with Crippen LogP contribution in [0.3, 0.4) is 0 Å². The van der Waals surface area contributed by atoms with Crippen molar-refractivity contribution in [3.8, 4) is 0 Å². The lowest BCUT2D eigenvalue weighted by molar-refractivity contribution is -0.136. The van der Waals surface area contributed by atoms with Crippen LogP contribution in [0.1, 0.15) is 41.7 Å². The number of fused-ring (bicyclic) bond motifs is 2. The Balaban J connectivity index is 1.42. The summed E-state index contributed by atoms with van der Waals surface area (Å²) in [6.45, 7) is 2.84. The number of allylic oxidation sites excluding steroid dienone is 1. The average molecular weight is 486 g/mol. The van der Waals surface area contributed by atoms with E-state index in [2.05, 4.69) is 10.2 Å². The largest absolute Gasteiger partial charge is 0.466 e. The number of hydrogen-bond acceptors (Lipinski definition) is 6. The van der Waals surface area contributed by atoms with Gasteiger partial charge in [0.05, 0.1) is 24.4 Å². The summed E-state index contributed by atoms with van der Waals surface area (Å²) >= 11 is 1.73. The van der Waals surface area contributed by atoms with Gasteiger partial charge in [-0.3, -0.25) is 4.79 Å². The Labute approximate surface area is 209 Å². The molecule has 1 fully saturated rings. The van der Waals surface area contributed by atoms with Crippen molar-refractivity contribution in [3.05, 3.63) is 89.1 Å². The van der Waals surface area contributed by atoms with Gasteiger partial charge in [-0.1, -0.05) is 61.2 Å². The third-order valence-electron chi connectivity index (χ3n) is 6.38. The first-order chi connectivity index (χ1) is 17.1. The fourth-order valence-electron chi connectivity index (χ4n) is 4.64. The van der Waals surface area contributed by atoms with Gasteiger partial charge in [-0.2, -0.15) is 0 Å². The van der Waals surface area contributed by atoms with Crippen molar-refractivity contribution in [2.75, 3.05) is 24.7 Å². The predicted molar refractivity (Wildman–Crippen MR) is 142 cm³/mol. The van der Waals surface area contributed by atoms with Crippen LogP contribution in [-0.2, 0) is 9.53 Å². The molecule has 3 aromatic carbocycles. The normalized spacial score (nSPS) is 17.6. The van der Waals surface area contributed by atoms with Gasteiger partial charge in [-0.15, -0.1) is 0 Å². The topological polar surface area (TPSA) is 71.0 Å². The minimum Gasteiger partial charge on any atom is -0.466 e. The van der Waals surface area contributed by atoms with E-state index in [9.17, 15) is 9.59 Å². The molecule has 0 aromatic heterocycles. The van der Waals surface area contributed by atoms with E-state index in [4.69, 9.17) is 9.73 Å². The number of hydrogen-bond donors (Lipinski definition) is 1. The zero-order chi connectivity index (χ0) is 24.4. The highest BCUT2D eigenvalue weighted by Crippen LogP contribution is 2.40. The van der Waals surface area contributed by atoms with Gasteiger partial charge >= 0.3 is 5.97 Å². The molecule has 2 heterocycles. The zero-order valence-electron chi connectivity index (χ0n) is 19.8. The highest BCUT2D eigenvalue weighted by Gasteiger charge is 2.38. The third-order valence-corrected chi connectivity index (χ3v) is 7.46. The maximum absolute atomic E-state index is 12.9. The van der Waals surface area contributed by atoms with E-state index in [-0.39, 0.29) is 17.9 Å². The van der Waals surface area contributed by atoms with Crippen LogP contribution in [0.5, 0.6) is 0 Å². The Kier molecular flexibility index (Phi) is 6.59. The molecule has 1 amide bonds. The zero-order valence-corrected chi connectivity index (χ0v) is 20.6. The molecule has 7 heteroatoms. The van der Waals surface area contributed by atoms with Crippen LogP contribution < -0.4 is 5.32 Å². The van der Waals surface area contributed by atoms with E-state index >= 15 is 0 Å². The Hall–Kier alpha value is -3.58. The molecule has 1 saturated heterocycles. The molecule has 0 aliphatic carbocycles. The van der Waals surface area contributed by atoms with Crippen LogP contribution in [0.2, 0.25) is 0 Å². The maximum Gasteiger partial charge on any atom is 0.338 e. The van der Waals surface area contributed by atoms with Gasteiger partial charge in [0, 0.05) is 23.5 Å². The maximum atomic E-state index is 12.9. The Morgan fingerprint density at radius 2 is 1.86 bits per heavy atom. The fraction of sp³-hybridized carbons (Fsp3) is 0.250. The van der Waals surface area contributed by atoms with Gasteiger partial charge in [-0.25, -0.2) is 9.79 Å². The number of rotatable bonds is 5. The summed E-state index contributed by atoms with van der Waals surface area (Å²) in [5.74, 6) is 0.511. The highest BCUT2D eigenvalue weighted by molar-refractivity contribution is 8.13. The van der Waals surface area contributed by atoms with E-state index in [1.807, 2.05) is 73.7 Å². The number of anilines is 1. The number of thioether (sulfide) groups is 1. The standard InChI is InChI=1S/C28H27N3O3S/c1-3-23-24(27(33)34-2)25(31-15-6-16-35-28(31)30-23)19-11-13-22(14-12-19)29-26(32)21-10-9-18-7-4-5-8-20(18)17-21/h4-5,7-14,17,25H,3,6,15-16H2,1-2H3,(H,29,32). The average Bonchev–Trinajstić information content (AvgIpc) is 2.91. The first-order valence-corrected chi connectivity index (χ1v) is 12.8. The molecule has 1 unspecified atom stereocenters. The van der Waals surface area contributed by atoms with Crippen LogP contribution in [0, 0.1) is 0 Å². The lowest BCUT2D eigenvalue weighted by Gasteiger charge is -2.40. The second-order valence-corrected chi connectivity index (χ2v) is 9.60. The molecule has 1 N–H and O–H groups in total. The molecule has 2 aliphatic heterocycles. The Bertz CT molecular complexity index is 1350. The Morgan fingerprint density at radius 1 is 1.09 bits per heavy atom. The number of amidine groups is 1. The van der Waals surface area contributed by atoms with Crippen LogP contribution in [0.25, 0.3) is 10.8 Å². The summed E-state index contributed by atoms with van der Waals surface area (Å²) in [5, 5.41) is 6.07. The Morgan fingerprint density at radius 3 is 2.60 bits per heavy atom. The number of benzene rings is 3. The van der Waals surface area contributed by atoms with Gasteiger partial charge in [-0.05, 0) is 53.4 Å². The van der Waals surface area contributed by atoms with Crippen molar-refractivity contribution in [1.29, 1.82) is 0 Å². The monoisotopic (exact) mass is 485 g/mol. The number of methoxy groups -OCH3 is 1. The molecule has 178 valence electrons. The minimum absolute atomic E-state index is 0.161. The molecule has 0 saturated carbocycles. The first-order valence-electron chi connectivity index (χ1n) is 11.8. The van der Waals surface area contributed by atoms with Crippen LogP contribution >= 0.6 is 11.8 Å². The number of carbonyl (C=O) groups excluding carboxylic acids is 2. The van der Waals surface area contributed by atoms with Crippen LogP contribution in [-0.4, -0.2) is 41.4 Å². The van der Waals surface area contributed by atoms with Crippen LogP contribution in [0.15, 0.2) is 83.0 Å². The summed E-state index contributed by atoms with van der Waals surface area (Å²) in [4.78, 5) is 32.7. The van der Waals surface area contributed by atoms with Crippen molar-refractivity contribution in [1.82, 2.24) is 4.90 Å². The van der Waals surface area contributed by atoms with Crippen molar-refractivity contribution >= 4 is 45.3 Å². The SMILES string of the molecule is CCC1=C(C(=O)OC)C(c2ccc(NC(=O)c3ccc4ccccc4c3)cc2)N2CCCSC2=N1. The minimum atomic E-state index is -0.348. The molecule has 6 nitrogen and oxygen atoms in total. The smallest absolute Gasteiger partial charge is 0.338 e. The lowest BCUT2D eigenvalue weighted by Crippen LogP contribution is -2.42. The van der Waals surface area contributed by atoms with Gasteiger partial charge in [0.15, 0.2) is 5.17 Å². The lowest BCUT2D eigenvalue weighted by atomic mass is 9.93. The van der Waals surface area contributed by atoms with E-state index in [1.54, 1.807) is 11.8 Å². The number of nitrogens with zero attached hydrogens (tertiary/aromatic N) is 2. The van der Waals surface area contributed by atoms with Gasteiger partial charge in [0.25, 0.3) is 5.91 Å². The molecule has 2 aliphatic rings. The van der Waals surface area contributed by atoms with Gasteiger partial charge in [0.2, 0.25) is 0 Å². The van der Waals surface area contributed by atoms with Crippen LogP contribution in [0.4, 0.5) is 5.69 Å². The van der Waals surface area contributed by atoms with E-state index < -0.39 is 0 Å². The summed E-state index contributed by atoms with van der Waals surface area (Å²) in [6, 6.07) is 21.1. The van der Waals surface area contributed by atoms with Gasteiger partial charge < -0.3 is 15.0 Å². The van der Waals surface area contributed by atoms with Crippen molar-refractivity contribution in [2.45, 2.75) is 25.8 Å². The quantitative estimate of drug-likeness (QED) is 0.464. The summed E-state index contributed by atoms with van der Waals surface area (Å²) in [6.07, 6.45) is 1.68. The van der Waals surface area contributed by atoms with Crippen molar-refractivity contribution < 1.29 is 14.3 Å². The number of nitrogens with one attached hydrogen (secondary N) is 1. The molecule has 0 bridgehead atoms. The molecule has 35 heavy (non-hydrogen) atoms. The van der Waals surface area contributed by atoms with E-state index in [0.717, 1.165) is 45.9 Å². The number of ether oxygens (including phenoxy) is 1. The van der Waals surface area contributed by atoms with E-state index in [1.165, 1.54) is 7.11 Å². The molecule has 3 aromatic rings. The van der Waals surface area contributed by atoms with Crippen molar-refractivity contribution in [2.24, 2.45) is 4.99 Å². The number of amides is 1. The molecule has 5 rings (SSSR count). The highest BCUT2D eigenvalue weighted by atomic mass is 32.2. The second-order valence-electron chi connectivity index (χ2n) is 8.54. The van der Waals surface area contributed by atoms with E-state index in [0.29, 0.717) is 23.2 Å². The molecular weight excluding hydrogens is 458 g/mol. The molecule has 0 spiro atoms. The van der Waals surface area contributed by atoms with Crippen molar-refractivity contribution in [3.63, 3.8) is 0 Å². The third kappa shape index (κ3) is 4.56. The predicted octanol–water partition coefficient (Wildman–Crippen LogP) is 5.78. The summed E-state index contributed by atoms with van der Waals surface area (Å²) in [5.41, 5.74) is 3.64. The fourth-order valence-corrected chi connectivity index (χ4v) is 5.63. The molecule has 1 atom stereocenters.